The summed E-state index contributed by atoms with van der Waals surface area (Å²) in [6.07, 6.45) is 2.84. The van der Waals surface area contributed by atoms with Crippen LogP contribution in [-0.4, -0.2) is 50.4 Å². The van der Waals surface area contributed by atoms with E-state index in [0.29, 0.717) is 5.56 Å². The van der Waals surface area contributed by atoms with Crippen molar-refractivity contribution in [2.45, 2.75) is 85.4 Å². The molecule has 0 spiro atoms. The average molecular weight is 642 g/mol. The summed E-state index contributed by atoms with van der Waals surface area (Å²) in [6.45, 7) is 6.30. The minimum absolute atomic E-state index is 0.00394. The number of hydrogen-bond acceptors (Lipinski definition) is 5. The van der Waals surface area contributed by atoms with E-state index in [-0.39, 0.29) is 22.8 Å². The van der Waals surface area contributed by atoms with E-state index in [9.17, 15) is 22.8 Å². The number of carbonyl (C=O) groups excluding carboxylic acids is 1. The van der Waals surface area contributed by atoms with E-state index >= 15 is 0 Å². The second kappa shape index (κ2) is 13.6. The third-order valence-electron chi connectivity index (χ3n) is 6.83. The average Bonchev–Trinajstić information content (AvgIpc) is 3.38. The second-order valence-electron chi connectivity index (χ2n) is 9.65. The van der Waals surface area contributed by atoms with Crippen molar-refractivity contribution in [3.63, 3.8) is 0 Å². The molecule has 3 aromatic rings. The number of nitrogens with zero attached hydrogens (tertiary/aromatic N) is 3. The first-order valence-corrected chi connectivity index (χ1v) is 20.7. The van der Waals surface area contributed by atoms with E-state index in [1.165, 1.54) is 42.5 Å². The van der Waals surface area contributed by atoms with Crippen molar-refractivity contribution in [1.29, 1.82) is 0 Å². The van der Waals surface area contributed by atoms with Gasteiger partial charge in [-0.25, -0.2) is 0 Å². The Labute approximate surface area is 224 Å². The number of amides is 1. The summed E-state index contributed by atoms with van der Waals surface area (Å²) in [6, 6.07) is 7.93. The molecule has 0 radical (unpaired) electrons. The summed E-state index contributed by atoms with van der Waals surface area (Å²) < 4.78 is 45.4. The SMILES string of the molecule is CCC[CH2][Sn]([CH2]CCC)([CH2]CCC)[c]1cccc(CON(C(=O)C(F)(F)F)c2nc3nc[nH]c3c(=O)[nH]2)c1. The van der Waals surface area contributed by atoms with Crippen molar-refractivity contribution in [3.8, 4) is 0 Å². The molecular formula is C26H36F3N5O3Sn. The molecule has 38 heavy (non-hydrogen) atoms. The van der Waals surface area contributed by atoms with Crippen molar-refractivity contribution in [2.24, 2.45) is 0 Å². The number of fused-ring (bicyclic) bond motifs is 1. The first kappa shape index (κ1) is 30.1. The van der Waals surface area contributed by atoms with Crippen LogP contribution in [0.25, 0.3) is 11.2 Å². The predicted molar refractivity (Wildman–Crippen MR) is 144 cm³/mol. The number of H-pyrrole nitrogens is 2. The number of halogens is 3. The monoisotopic (exact) mass is 643 g/mol. The quantitative estimate of drug-likeness (QED) is 0.173. The first-order valence-electron chi connectivity index (χ1n) is 13.2. The van der Waals surface area contributed by atoms with Crippen LogP contribution in [0.4, 0.5) is 19.1 Å². The van der Waals surface area contributed by atoms with Crippen LogP contribution >= 0.6 is 0 Å². The van der Waals surface area contributed by atoms with Crippen molar-refractivity contribution < 1.29 is 22.8 Å². The Balaban J connectivity index is 1.93. The van der Waals surface area contributed by atoms with Gasteiger partial charge in [-0.2, -0.15) is 0 Å². The second-order valence-corrected chi connectivity index (χ2v) is 22.9. The summed E-state index contributed by atoms with van der Waals surface area (Å²) in [5.41, 5.74) is -0.252. The summed E-state index contributed by atoms with van der Waals surface area (Å²) >= 11 is -2.79. The molecule has 0 atom stereocenters. The van der Waals surface area contributed by atoms with E-state index in [1.54, 1.807) is 6.07 Å². The molecule has 0 unspecified atom stereocenters. The fraction of sp³-hybridized carbons (Fsp3) is 0.538. The molecule has 12 heteroatoms. The number of imidazole rings is 1. The number of aromatic nitrogens is 4. The molecule has 0 aliphatic carbocycles. The fourth-order valence-electron chi connectivity index (χ4n) is 4.74. The molecule has 0 bridgehead atoms. The third-order valence-corrected chi connectivity index (χ3v) is 22.4. The van der Waals surface area contributed by atoms with Gasteiger partial charge in [0.2, 0.25) is 0 Å². The van der Waals surface area contributed by atoms with Gasteiger partial charge in [-0.15, -0.1) is 0 Å². The van der Waals surface area contributed by atoms with Crippen molar-refractivity contribution in [3.05, 3.63) is 46.5 Å². The minimum atomic E-state index is -5.24. The number of alkyl halides is 3. The molecule has 2 aromatic heterocycles. The molecule has 2 N–H and O–H groups in total. The fourth-order valence-corrected chi connectivity index (χ4v) is 20.9. The van der Waals surface area contributed by atoms with Gasteiger partial charge in [-0.05, 0) is 0 Å². The van der Waals surface area contributed by atoms with Crippen LogP contribution in [0.15, 0.2) is 35.4 Å². The van der Waals surface area contributed by atoms with E-state index in [2.05, 4.69) is 52.8 Å². The standard InChI is InChI=1S/C14H9F3N5O3.3C4H9.Sn/c15-14(16,17)12(24)22(25-6-8-4-2-1-3-5-8)13-20-10-9(11(23)21-13)18-7-19-10;3*1-3-4-2;/h1-2,4-5,7H,6H2,(H2,18,19,20,21,23);3*1,3-4H2,2H3;. The number of carbonyl (C=O) groups is 1. The Morgan fingerprint density at radius 1 is 1.05 bits per heavy atom. The first-order chi connectivity index (χ1) is 18.1. The number of hydroxylamine groups is 1. The number of aromatic amines is 2. The van der Waals surface area contributed by atoms with Crippen LogP contribution in [0.2, 0.25) is 13.3 Å². The predicted octanol–water partition coefficient (Wildman–Crippen LogP) is 5.73. The molecule has 2 heterocycles. The van der Waals surface area contributed by atoms with Gasteiger partial charge in [0.05, 0.1) is 0 Å². The van der Waals surface area contributed by atoms with Gasteiger partial charge in [-0.1, -0.05) is 0 Å². The van der Waals surface area contributed by atoms with Gasteiger partial charge in [0.1, 0.15) is 0 Å². The normalized spacial score (nSPS) is 12.3. The Bertz CT molecular complexity index is 1240. The Morgan fingerprint density at radius 3 is 2.26 bits per heavy atom. The molecule has 1 aromatic carbocycles. The number of benzene rings is 1. The zero-order chi connectivity index (χ0) is 27.8. The van der Waals surface area contributed by atoms with Crippen LogP contribution in [0, 0.1) is 0 Å². The zero-order valence-electron chi connectivity index (χ0n) is 22.2. The van der Waals surface area contributed by atoms with Gasteiger partial charge in [-0.3, -0.25) is 0 Å². The van der Waals surface area contributed by atoms with E-state index < -0.39 is 42.0 Å². The van der Waals surface area contributed by atoms with E-state index in [4.69, 9.17) is 4.84 Å². The van der Waals surface area contributed by atoms with Crippen LogP contribution in [-0.2, 0) is 16.2 Å². The Hall–Kier alpha value is -2.41. The van der Waals surface area contributed by atoms with Crippen LogP contribution < -0.4 is 14.2 Å². The molecule has 0 fully saturated rings. The molecule has 0 saturated carbocycles. The molecule has 0 aliphatic rings. The van der Waals surface area contributed by atoms with Gasteiger partial charge in [0.15, 0.2) is 0 Å². The van der Waals surface area contributed by atoms with Gasteiger partial charge >= 0.3 is 225 Å². The van der Waals surface area contributed by atoms with Crippen molar-refractivity contribution >= 4 is 45.0 Å². The number of rotatable bonds is 14. The van der Waals surface area contributed by atoms with Gasteiger partial charge in [0.25, 0.3) is 0 Å². The maximum absolute atomic E-state index is 13.4. The van der Waals surface area contributed by atoms with Crippen molar-refractivity contribution in [2.75, 3.05) is 5.06 Å². The van der Waals surface area contributed by atoms with Crippen molar-refractivity contribution in [1.82, 2.24) is 19.9 Å². The number of anilines is 1. The number of nitrogens with one attached hydrogen (secondary N) is 2. The maximum atomic E-state index is 13.4. The van der Waals surface area contributed by atoms with Gasteiger partial charge < -0.3 is 0 Å². The Morgan fingerprint density at radius 2 is 1.68 bits per heavy atom. The summed E-state index contributed by atoms with van der Waals surface area (Å²) in [5.74, 6) is -2.98. The number of hydrogen-bond donors (Lipinski definition) is 2. The molecule has 8 nitrogen and oxygen atoms in total. The van der Waals surface area contributed by atoms with Crippen LogP contribution in [0.1, 0.15) is 64.9 Å². The topological polar surface area (TPSA) is 104 Å². The molecule has 208 valence electrons. The summed E-state index contributed by atoms with van der Waals surface area (Å²) in [5, 5.41) is 0.00394. The Kier molecular flexibility index (Phi) is 10.8. The van der Waals surface area contributed by atoms with E-state index in [0.717, 1.165) is 19.3 Å². The summed E-state index contributed by atoms with van der Waals surface area (Å²) in [4.78, 5) is 42.4. The van der Waals surface area contributed by atoms with E-state index in [1.807, 2.05) is 6.07 Å². The number of unbranched alkanes of at least 4 members (excludes halogenated alkanes) is 3. The van der Waals surface area contributed by atoms with Gasteiger partial charge in [0, 0.05) is 0 Å². The molecular weight excluding hydrogens is 606 g/mol. The molecule has 0 saturated heterocycles. The molecule has 1 amide bonds. The molecule has 0 aliphatic heterocycles. The third kappa shape index (κ3) is 7.37. The van der Waals surface area contributed by atoms with Crippen LogP contribution in [0.5, 0.6) is 0 Å². The van der Waals surface area contributed by atoms with Crippen LogP contribution in [0.3, 0.4) is 0 Å². The molecule has 3 rings (SSSR count). The zero-order valence-corrected chi connectivity index (χ0v) is 25.0. The summed E-state index contributed by atoms with van der Waals surface area (Å²) in [7, 11) is 0.